The summed E-state index contributed by atoms with van der Waals surface area (Å²) in [7, 11) is 0. The molecule has 2 N–H and O–H groups in total. The first-order valence-electron chi connectivity index (χ1n) is 5.62. The van der Waals surface area contributed by atoms with E-state index < -0.39 is 17.7 Å². The van der Waals surface area contributed by atoms with Gasteiger partial charge in [-0.05, 0) is 52.2 Å². The Morgan fingerprint density at radius 3 is 2.26 bits per heavy atom. The lowest BCUT2D eigenvalue weighted by Gasteiger charge is -2.14. The first-order chi connectivity index (χ1) is 8.99. The summed E-state index contributed by atoms with van der Waals surface area (Å²) in [6.07, 6.45) is 0.110. The van der Waals surface area contributed by atoms with E-state index in [1.807, 2.05) is 24.3 Å². The molecule has 0 saturated heterocycles. The molecule has 1 atom stereocenters. The van der Waals surface area contributed by atoms with Crippen LogP contribution < -0.4 is 5.73 Å². The normalized spacial score (nSPS) is 12.5. The van der Waals surface area contributed by atoms with Gasteiger partial charge in [-0.15, -0.1) is 0 Å². The Hall–Kier alpha value is -0.780. The van der Waals surface area contributed by atoms with Gasteiger partial charge in [0.05, 0.1) is 4.47 Å². The van der Waals surface area contributed by atoms with Gasteiger partial charge in [0, 0.05) is 16.1 Å². The Bertz CT molecular complexity index is 585. The fourth-order valence-corrected chi connectivity index (χ4v) is 2.44. The van der Waals surface area contributed by atoms with Gasteiger partial charge in [-0.1, -0.05) is 28.1 Å². The number of hydrogen-bond acceptors (Lipinski definition) is 1. The van der Waals surface area contributed by atoms with Gasteiger partial charge in [0.25, 0.3) is 0 Å². The van der Waals surface area contributed by atoms with Crippen molar-refractivity contribution in [2.45, 2.75) is 12.5 Å². The number of rotatable bonds is 3. The SMILES string of the molecule is NC(Cc1c(F)ccc(Br)c1F)c1ccc(Br)cc1. The van der Waals surface area contributed by atoms with E-state index in [-0.39, 0.29) is 16.5 Å². The summed E-state index contributed by atoms with van der Waals surface area (Å²) < 4.78 is 28.7. The molecule has 0 radical (unpaired) electrons. The molecule has 0 fully saturated rings. The van der Waals surface area contributed by atoms with E-state index in [0.29, 0.717) is 0 Å². The molecule has 2 aromatic carbocycles. The van der Waals surface area contributed by atoms with Crippen molar-refractivity contribution >= 4 is 31.9 Å². The maximum Gasteiger partial charge on any atom is 0.143 e. The van der Waals surface area contributed by atoms with E-state index in [0.717, 1.165) is 10.0 Å². The summed E-state index contributed by atoms with van der Waals surface area (Å²) in [6.45, 7) is 0. The zero-order valence-electron chi connectivity index (χ0n) is 9.84. The maximum atomic E-state index is 13.9. The molecule has 0 amide bonds. The second-order valence-corrected chi connectivity index (χ2v) is 5.95. The van der Waals surface area contributed by atoms with Crippen LogP contribution in [0.5, 0.6) is 0 Å². The number of halogens is 4. The maximum absolute atomic E-state index is 13.9. The molecule has 0 aliphatic carbocycles. The summed E-state index contributed by atoms with van der Waals surface area (Å²) in [6, 6.07) is 9.50. The molecular weight excluding hydrogens is 380 g/mol. The number of benzene rings is 2. The molecule has 1 unspecified atom stereocenters. The van der Waals surface area contributed by atoms with Gasteiger partial charge in [0.15, 0.2) is 0 Å². The van der Waals surface area contributed by atoms with E-state index in [4.69, 9.17) is 5.73 Å². The van der Waals surface area contributed by atoms with Crippen LogP contribution in [0, 0.1) is 11.6 Å². The van der Waals surface area contributed by atoms with Gasteiger partial charge < -0.3 is 5.73 Å². The highest BCUT2D eigenvalue weighted by molar-refractivity contribution is 9.10. The third-order valence-corrected chi connectivity index (χ3v) is 4.00. The zero-order chi connectivity index (χ0) is 14.0. The predicted octanol–water partition coefficient (Wildman–Crippen LogP) is 4.73. The molecule has 0 bridgehead atoms. The van der Waals surface area contributed by atoms with E-state index in [1.54, 1.807) is 0 Å². The molecule has 0 aliphatic rings. The highest BCUT2D eigenvalue weighted by Gasteiger charge is 2.16. The average molecular weight is 391 g/mol. The van der Waals surface area contributed by atoms with Gasteiger partial charge in [-0.3, -0.25) is 0 Å². The second-order valence-electron chi connectivity index (χ2n) is 4.18. The minimum atomic E-state index is -0.590. The third-order valence-electron chi connectivity index (χ3n) is 2.86. The highest BCUT2D eigenvalue weighted by atomic mass is 79.9. The lowest BCUT2D eigenvalue weighted by Crippen LogP contribution is -2.15. The summed E-state index contributed by atoms with van der Waals surface area (Å²) in [5.74, 6) is -1.17. The molecule has 1 nitrogen and oxygen atoms in total. The average Bonchev–Trinajstić information content (AvgIpc) is 2.40. The van der Waals surface area contributed by atoms with Gasteiger partial charge >= 0.3 is 0 Å². The first kappa shape index (κ1) is 14.6. The fourth-order valence-electron chi connectivity index (χ4n) is 1.80. The van der Waals surface area contributed by atoms with Crippen LogP contribution in [0.4, 0.5) is 8.78 Å². The summed E-state index contributed by atoms with van der Waals surface area (Å²) in [4.78, 5) is 0. The zero-order valence-corrected chi connectivity index (χ0v) is 13.0. The van der Waals surface area contributed by atoms with Crippen LogP contribution in [-0.2, 0) is 6.42 Å². The first-order valence-corrected chi connectivity index (χ1v) is 7.21. The lowest BCUT2D eigenvalue weighted by atomic mass is 9.99. The van der Waals surface area contributed by atoms with Gasteiger partial charge in [-0.2, -0.15) is 0 Å². The minimum absolute atomic E-state index is 0.00444. The van der Waals surface area contributed by atoms with E-state index in [9.17, 15) is 8.78 Å². The summed E-state index contributed by atoms with van der Waals surface area (Å²) >= 11 is 6.37. The summed E-state index contributed by atoms with van der Waals surface area (Å²) in [5, 5.41) is 0. The largest absolute Gasteiger partial charge is 0.324 e. The molecule has 0 aromatic heterocycles. The van der Waals surface area contributed by atoms with Crippen molar-refractivity contribution in [2.24, 2.45) is 5.73 Å². The lowest BCUT2D eigenvalue weighted by molar-refractivity contribution is 0.536. The smallest absolute Gasteiger partial charge is 0.143 e. The third kappa shape index (κ3) is 3.41. The van der Waals surface area contributed by atoms with Gasteiger partial charge in [0.1, 0.15) is 11.6 Å². The monoisotopic (exact) mass is 389 g/mol. The number of hydrogen-bond donors (Lipinski definition) is 1. The van der Waals surface area contributed by atoms with Crippen LogP contribution in [0.15, 0.2) is 45.3 Å². The Balaban J connectivity index is 2.26. The molecule has 0 saturated carbocycles. The topological polar surface area (TPSA) is 26.0 Å². The van der Waals surface area contributed by atoms with Crippen LogP contribution >= 0.6 is 31.9 Å². The molecule has 0 aliphatic heterocycles. The summed E-state index contributed by atoms with van der Waals surface area (Å²) in [5.41, 5.74) is 6.84. The Morgan fingerprint density at radius 1 is 1.00 bits per heavy atom. The Morgan fingerprint density at radius 2 is 1.63 bits per heavy atom. The molecule has 2 aromatic rings. The van der Waals surface area contributed by atoms with E-state index in [1.165, 1.54) is 12.1 Å². The molecular formula is C14H11Br2F2N. The van der Waals surface area contributed by atoms with Crippen molar-refractivity contribution in [1.29, 1.82) is 0 Å². The Labute approximate surface area is 127 Å². The van der Waals surface area contributed by atoms with Crippen molar-refractivity contribution in [2.75, 3.05) is 0 Å². The van der Waals surface area contributed by atoms with Gasteiger partial charge in [-0.25, -0.2) is 8.78 Å². The van der Waals surface area contributed by atoms with Crippen LogP contribution in [0.3, 0.4) is 0 Å². The van der Waals surface area contributed by atoms with Crippen molar-refractivity contribution in [3.63, 3.8) is 0 Å². The van der Waals surface area contributed by atoms with Crippen molar-refractivity contribution in [1.82, 2.24) is 0 Å². The quantitative estimate of drug-likeness (QED) is 0.753. The fraction of sp³-hybridized carbons (Fsp3) is 0.143. The molecule has 5 heteroatoms. The van der Waals surface area contributed by atoms with E-state index >= 15 is 0 Å². The second kappa shape index (κ2) is 6.11. The Kier molecular flexibility index (Phi) is 4.71. The van der Waals surface area contributed by atoms with Crippen molar-refractivity contribution < 1.29 is 8.78 Å². The molecule has 0 heterocycles. The predicted molar refractivity (Wildman–Crippen MR) is 78.8 cm³/mol. The molecule has 100 valence electrons. The molecule has 0 spiro atoms. The van der Waals surface area contributed by atoms with Crippen LogP contribution in [0.1, 0.15) is 17.2 Å². The molecule has 19 heavy (non-hydrogen) atoms. The van der Waals surface area contributed by atoms with Crippen molar-refractivity contribution in [3.8, 4) is 0 Å². The van der Waals surface area contributed by atoms with Crippen molar-refractivity contribution in [3.05, 3.63) is 68.1 Å². The number of nitrogens with two attached hydrogens (primary N) is 1. The van der Waals surface area contributed by atoms with Crippen LogP contribution in [-0.4, -0.2) is 0 Å². The standard InChI is InChI=1S/C14H11Br2F2N/c15-9-3-1-8(2-4-9)13(19)7-10-12(17)6-5-11(16)14(10)18/h1-6,13H,7,19H2. The van der Waals surface area contributed by atoms with E-state index in [2.05, 4.69) is 31.9 Å². The molecule has 2 rings (SSSR count). The van der Waals surface area contributed by atoms with Crippen LogP contribution in [0.25, 0.3) is 0 Å². The highest BCUT2D eigenvalue weighted by Crippen LogP contribution is 2.26. The van der Waals surface area contributed by atoms with Crippen LogP contribution in [0.2, 0.25) is 0 Å². The minimum Gasteiger partial charge on any atom is -0.324 e. The van der Waals surface area contributed by atoms with Gasteiger partial charge in [0.2, 0.25) is 0 Å².